The second-order valence-corrected chi connectivity index (χ2v) is 6.39. The lowest BCUT2D eigenvalue weighted by Gasteiger charge is -2.28. The summed E-state index contributed by atoms with van der Waals surface area (Å²) in [7, 11) is 0. The second-order valence-electron chi connectivity index (χ2n) is 5.95. The molecule has 3 nitrogen and oxygen atoms in total. The number of alkyl halides is 1. The first-order valence-electron chi connectivity index (χ1n) is 7.18. The van der Waals surface area contributed by atoms with Crippen molar-refractivity contribution in [3.05, 3.63) is 34.3 Å². The molecule has 2 aromatic rings. The number of fused-ring (bicyclic) bond motifs is 1. The van der Waals surface area contributed by atoms with Crippen molar-refractivity contribution < 1.29 is 4.42 Å². The topological polar surface area (TPSA) is 35.1 Å². The monoisotopic (exact) mass is 295 g/mol. The zero-order chi connectivity index (χ0) is 14.9. The molecule has 0 amide bonds. The predicted molar refractivity (Wildman–Crippen MR) is 83.4 cm³/mol. The van der Waals surface area contributed by atoms with Crippen LogP contribution in [0, 0.1) is 5.41 Å². The van der Waals surface area contributed by atoms with Crippen LogP contribution in [0.1, 0.15) is 51.5 Å². The highest BCUT2D eigenvalue weighted by atomic mass is 35.5. The minimum atomic E-state index is -0.292. The van der Waals surface area contributed by atoms with E-state index in [1.165, 1.54) is 0 Å². The summed E-state index contributed by atoms with van der Waals surface area (Å²) < 4.78 is 7.01. The van der Waals surface area contributed by atoms with Crippen LogP contribution in [0.5, 0.6) is 0 Å². The minimum absolute atomic E-state index is 0.00150. The lowest BCUT2D eigenvalue weighted by atomic mass is 9.83. The van der Waals surface area contributed by atoms with E-state index in [-0.39, 0.29) is 16.5 Å². The molecule has 1 heterocycles. The van der Waals surface area contributed by atoms with Gasteiger partial charge >= 0.3 is 5.76 Å². The first kappa shape index (κ1) is 15.2. The molecule has 0 fully saturated rings. The normalized spacial score (nSPS) is 13.8. The number of rotatable bonds is 5. The van der Waals surface area contributed by atoms with Crippen molar-refractivity contribution in [1.29, 1.82) is 0 Å². The Hall–Kier alpha value is -1.22. The highest BCUT2D eigenvalue weighted by Crippen LogP contribution is 2.41. The fraction of sp³-hybridized carbons (Fsp3) is 0.562. The largest absolute Gasteiger partial charge is 0.419 e. The lowest BCUT2D eigenvalue weighted by molar-refractivity contribution is 0.336. The van der Waals surface area contributed by atoms with Crippen LogP contribution in [0.25, 0.3) is 11.1 Å². The van der Waals surface area contributed by atoms with Gasteiger partial charge in [-0.05, 0) is 36.0 Å². The molecule has 0 bridgehead atoms. The lowest BCUT2D eigenvalue weighted by Crippen LogP contribution is -2.16. The van der Waals surface area contributed by atoms with E-state index in [2.05, 4.69) is 20.8 Å². The summed E-state index contributed by atoms with van der Waals surface area (Å²) in [6.45, 7) is 9.14. The SMILES string of the molecule is CCCn1c(=O)oc2cc(C(Cl)C(C)(C)CC)ccc21. The molecule has 0 aliphatic rings. The highest BCUT2D eigenvalue weighted by Gasteiger charge is 2.27. The Labute approximate surface area is 124 Å². The van der Waals surface area contributed by atoms with E-state index in [4.69, 9.17) is 16.0 Å². The maximum atomic E-state index is 11.8. The molecule has 0 spiro atoms. The molecule has 1 aromatic carbocycles. The number of nitrogens with zero attached hydrogens (tertiary/aromatic N) is 1. The van der Waals surface area contributed by atoms with E-state index in [1.807, 2.05) is 25.1 Å². The van der Waals surface area contributed by atoms with Crippen LogP contribution in [0.2, 0.25) is 0 Å². The third kappa shape index (κ3) is 2.64. The van der Waals surface area contributed by atoms with Gasteiger partial charge in [0.15, 0.2) is 5.58 Å². The van der Waals surface area contributed by atoms with E-state index >= 15 is 0 Å². The average molecular weight is 296 g/mol. The number of hydrogen-bond donors (Lipinski definition) is 0. The zero-order valence-corrected chi connectivity index (χ0v) is 13.3. The van der Waals surface area contributed by atoms with E-state index in [1.54, 1.807) is 4.57 Å². The molecule has 4 heteroatoms. The Bertz CT molecular complexity index is 654. The quantitative estimate of drug-likeness (QED) is 0.748. The number of aryl methyl sites for hydroxylation is 1. The van der Waals surface area contributed by atoms with Crippen LogP contribution < -0.4 is 5.76 Å². The van der Waals surface area contributed by atoms with Gasteiger partial charge in [0.05, 0.1) is 10.9 Å². The van der Waals surface area contributed by atoms with Crippen LogP contribution >= 0.6 is 11.6 Å². The molecule has 0 saturated carbocycles. The smallest absolute Gasteiger partial charge is 0.408 e. The molecule has 0 aliphatic heterocycles. The van der Waals surface area contributed by atoms with Gasteiger partial charge in [-0.3, -0.25) is 4.57 Å². The predicted octanol–water partition coefficient (Wildman–Crippen LogP) is 4.72. The van der Waals surface area contributed by atoms with Crippen molar-refractivity contribution in [2.45, 2.75) is 52.5 Å². The van der Waals surface area contributed by atoms with Gasteiger partial charge in [-0.2, -0.15) is 0 Å². The number of halogens is 1. The molecule has 20 heavy (non-hydrogen) atoms. The van der Waals surface area contributed by atoms with Crippen LogP contribution in [0.4, 0.5) is 0 Å². The van der Waals surface area contributed by atoms with E-state index in [0.717, 1.165) is 23.9 Å². The Kier molecular flexibility index (Phi) is 4.28. The summed E-state index contributed by atoms with van der Waals surface area (Å²) in [5, 5.41) is -0.100. The number of hydrogen-bond acceptors (Lipinski definition) is 2. The molecular weight excluding hydrogens is 274 g/mol. The van der Waals surface area contributed by atoms with Gasteiger partial charge < -0.3 is 4.42 Å². The van der Waals surface area contributed by atoms with Gasteiger partial charge in [-0.15, -0.1) is 11.6 Å². The Morgan fingerprint density at radius 2 is 2.05 bits per heavy atom. The van der Waals surface area contributed by atoms with Crippen molar-refractivity contribution in [2.75, 3.05) is 0 Å². The van der Waals surface area contributed by atoms with E-state index in [0.29, 0.717) is 12.1 Å². The molecule has 0 saturated heterocycles. The van der Waals surface area contributed by atoms with E-state index < -0.39 is 0 Å². The Morgan fingerprint density at radius 1 is 1.35 bits per heavy atom. The molecule has 1 atom stereocenters. The first-order chi connectivity index (χ1) is 9.40. The van der Waals surface area contributed by atoms with Gasteiger partial charge in [0, 0.05) is 6.54 Å². The van der Waals surface area contributed by atoms with Crippen molar-refractivity contribution in [1.82, 2.24) is 4.57 Å². The fourth-order valence-electron chi connectivity index (χ4n) is 2.31. The Balaban J connectivity index is 2.48. The van der Waals surface area contributed by atoms with Crippen LogP contribution in [0.15, 0.2) is 27.4 Å². The van der Waals surface area contributed by atoms with Crippen LogP contribution in [-0.2, 0) is 6.54 Å². The minimum Gasteiger partial charge on any atom is -0.408 e. The summed E-state index contributed by atoms with van der Waals surface area (Å²) in [6, 6.07) is 5.84. The summed E-state index contributed by atoms with van der Waals surface area (Å²) in [4.78, 5) is 11.8. The summed E-state index contributed by atoms with van der Waals surface area (Å²) in [5.74, 6) is -0.292. The average Bonchev–Trinajstić information content (AvgIpc) is 2.74. The summed E-state index contributed by atoms with van der Waals surface area (Å²) >= 11 is 6.58. The molecule has 0 radical (unpaired) electrons. The molecule has 2 rings (SSSR count). The standard InChI is InChI=1S/C16H22ClNO2/c1-5-9-18-12-8-7-11(10-13(12)20-15(18)19)14(17)16(3,4)6-2/h7-8,10,14H,5-6,9H2,1-4H3. The molecule has 110 valence electrons. The van der Waals surface area contributed by atoms with Gasteiger partial charge in [-0.1, -0.05) is 33.8 Å². The van der Waals surface area contributed by atoms with Gasteiger partial charge in [0.1, 0.15) is 0 Å². The number of benzene rings is 1. The van der Waals surface area contributed by atoms with Crippen LogP contribution in [0.3, 0.4) is 0 Å². The Morgan fingerprint density at radius 3 is 2.65 bits per heavy atom. The maximum Gasteiger partial charge on any atom is 0.419 e. The van der Waals surface area contributed by atoms with E-state index in [9.17, 15) is 4.79 Å². The van der Waals surface area contributed by atoms with Crippen LogP contribution in [-0.4, -0.2) is 4.57 Å². The van der Waals surface area contributed by atoms with Crippen molar-refractivity contribution >= 4 is 22.7 Å². The van der Waals surface area contributed by atoms with Gasteiger partial charge in [0.25, 0.3) is 0 Å². The molecule has 0 N–H and O–H groups in total. The van der Waals surface area contributed by atoms with Gasteiger partial charge in [0.2, 0.25) is 0 Å². The number of aromatic nitrogens is 1. The van der Waals surface area contributed by atoms with Crippen molar-refractivity contribution in [3.8, 4) is 0 Å². The molecular formula is C16H22ClNO2. The van der Waals surface area contributed by atoms with Crippen molar-refractivity contribution in [3.63, 3.8) is 0 Å². The number of oxazole rings is 1. The second kappa shape index (κ2) is 5.65. The molecule has 1 aromatic heterocycles. The fourth-order valence-corrected chi connectivity index (χ4v) is 2.60. The van der Waals surface area contributed by atoms with Gasteiger partial charge in [-0.25, -0.2) is 4.79 Å². The first-order valence-corrected chi connectivity index (χ1v) is 7.61. The molecule has 0 aliphatic carbocycles. The third-order valence-corrected chi connectivity index (χ3v) is 4.87. The summed E-state index contributed by atoms with van der Waals surface area (Å²) in [5.41, 5.74) is 2.47. The highest BCUT2D eigenvalue weighted by molar-refractivity contribution is 6.21. The van der Waals surface area contributed by atoms with Crippen molar-refractivity contribution in [2.24, 2.45) is 5.41 Å². The maximum absolute atomic E-state index is 11.8. The summed E-state index contributed by atoms with van der Waals surface area (Å²) in [6.07, 6.45) is 1.89. The third-order valence-electron chi connectivity index (χ3n) is 4.03. The zero-order valence-electron chi connectivity index (χ0n) is 12.6. The molecule has 1 unspecified atom stereocenters.